The normalized spacial score (nSPS) is 27.9. The van der Waals surface area contributed by atoms with E-state index in [-0.39, 0.29) is 0 Å². The van der Waals surface area contributed by atoms with Crippen LogP contribution < -0.4 is 5.73 Å². The molecule has 1 fully saturated rings. The lowest BCUT2D eigenvalue weighted by Crippen LogP contribution is -2.40. The van der Waals surface area contributed by atoms with Gasteiger partial charge in [0, 0.05) is 13.1 Å². The zero-order valence-corrected chi connectivity index (χ0v) is 15.0. The van der Waals surface area contributed by atoms with Gasteiger partial charge in [-0.3, -0.25) is 4.68 Å². The van der Waals surface area contributed by atoms with E-state index in [1.54, 1.807) is 0 Å². The topological polar surface area (TPSA) is 43.8 Å². The molecule has 4 heteroatoms. The standard InChI is InChI=1S/C16H28BrN3/c1-10-15(17)14(20(5)19-10)9-11-8-12(16(2,3)4)6-7-13(11)18/h11-13H,6-9,18H2,1-5H3. The van der Waals surface area contributed by atoms with Crippen molar-refractivity contribution >= 4 is 15.9 Å². The van der Waals surface area contributed by atoms with Gasteiger partial charge in [-0.2, -0.15) is 5.10 Å². The Labute approximate surface area is 131 Å². The highest BCUT2D eigenvalue weighted by Crippen LogP contribution is 2.41. The first-order valence-corrected chi connectivity index (χ1v) is 8.43. The predicted octanol–water partition coefficient (Wildman–Crippen LogP) is 3.82. The lowest BCUT2D eigenvalue weighted by Gasteiger charge is -2.40. The largest absolute Gasteiger partial charge is 0.327 e. The van der Waals surface area contributed by atoms with Crippen LogP contribution in [0.5, 0.6) is 0 Å². The average molecular weight is 342 g/mol. The maximum atomic E-state index is 6.39. The first-order valence-electron chi connectivity index (χ1n) is 7.63. The molecule has 3 atom stereocenters. The lowest BCUT2D eigenvalue weighted by atomic mass is 9.67. The molecule has 1 aliphatic carbocycles. The number of hydrogen-bond donors (Lipinski definition) is 1. The molecule has 2 rings (SSSR count). The minimum absolute atomic E-state index is 0.329. The van der Waals surface area contributed by atoms with Crippen LogP contribution in [-0.2, 0) is 13.5 Å². The molecular formula is C16H28BrN3. The molecule has 0 bridgehead atoms. The van der Waals surface area contributed by atoms with Gasteiger partial charge >= 0.3 is 0 Å². The highest BCUT2D eigenvalue weighted by molar-refractivity contribution is 9.10. The molecule has 0 aromatic carbocycles. The summed E-state index contributed by atoms with van der Waals surface area (Å²) in [6, 6.07) is 0.329. The van der Waals surface area contributed by atoms with Crippen LogP contribution in [0.3, 0.4) is 0 Å². The van der Waals surface area contributed by atoms with Gasteiger partial charge in [0.25, 0.3) is 0 Å². The van der Waals surface area contributed by atoms with Crippen LogP contribution in [0, 0.1) is 24.2 Å². The predicted molar refractivity (Wildman–Crippen MR) is 87.6 cm³/mol. The van der Waals surface area contributed by atoms with Crippen molar-refractivity contribution in [3.63, 3.8) is 0 Å². The number of rotatable bonds is 2. The highest BCUT2D eigenvalue weighted by Gasteiger charge is 2.35. The van der Waals surface area contributed by atoms with Crippen molar-refractivity contribution in [2.24, 2.45) is 30.0 Å². The van der Waals surface area contributed by atoms with Gasteiger partial charge in [0.2, 0.25) is 0 Å². The third-order valence-electron chi connectivity index (χ3n) is 4.98. The van der Waals surface area contributed by atoms with Gasteiger partial charge in [-0.05, 0) is 65.8 Å². The number of aromatic nitrogens is 2. The van der Waals surface area contributed by atoms with Crippen molar-refractivity contribution in [1.29, 1.82) is 0 Å². The molecule has 3 nitrogen and oxygen atoms in total. The van der Waals surface area contributed by atoms with Crippen LogP contribution in [0.4, 0.5) is 0 Å². The fourth-order valence-corrected chi connectivity index (χ4v) is 3.96. The zero-order valence-electron chi connectivity index (χ0n) is 13.4. The van der Waals surface area contributed by atoms with E-state index >= 15 is 0 Å². The molecular weight excluding hydrogens is 314 g/mol. The number of nitrogens with zero attached hydrogens (tertiary/aromatic N) is 2. The van der Waals surface area contributed by atoms with E-state index in [1.807, 2.05) is 18.7 Å². The number of aryl methyl sites for hydroxylation is 2. The summed E-state index contributed by atoms with van der Waals surface area (Å²) >= 11 is 3.68. The van der Waals surface area contributed by atoms with Gasteiger partial charge in [0.1, 0.15) is 0 Å². The van der Waals surface area contributed by atoms with Crippen LogP contribution in [0.1, 0.15) is 51.4 Å². The number of nitrogens with two attached hydrogens (primary N) is 1. The summed E-state index contributed by atoms with van der Waals surface area (Å²) in [7, 11) is 2.03. The van der Waals surface area contributed by atoms with Gasteiger partial charge in [-0.1, -0.05) is 20.8 Å². The maximum Gasteiger partial charge on any atom is 0.0738 e. The highest BCUT2D eigenvalue weighted by atomic mass is 79.9. The monoisotopic (exact) mass is 341 g/mol. The Hall–Kier alpha value is -0.350. The van der Waals surface area contributed by atoms with Gasteiger partial charge in [0.15, 0.2) is 0 Å². The molecule has 114 valence electrons. The van der Waals surface area contributed by atoms with Crippen LogP contribution >= 0.6 is 15.9 Å². The van der Waals surface area contributed by atoms with E-state index in [1.165, 1.54) is 18.5 Å². The molecule has 2 N–H and O–H groups in total. The zero-order chi connectivity index (χ0) is 15.1. The second-order valence-corrected chi connectivity index (χ2v) is 8.27. The molecule has 0 aliphatic heterocycles. The van der Waals surface area contributed by atoms with E-state index in [2.05, 4.69) is 41.8 Å². The first kappa shape index (κ1) is 16.0. The van der Waals surface area contributed by atoms with E-state index in [4.69, 9.17) is 5.73 Å². The third kappa shape index (κ3) is 3.28. The van der Waals surface area contributed by atoms with Crippen LogP contribution in [0.2, 0.25) is 0 Å². The fraction of sp³-hybridized carbons (Fsp3) is 0.812. The molecule has 1 aliphatic rings. The molecule has 0 spiro atoms. The van der Waals surface area contributed by atoms with Crippen molar-refractivity contribution in [3.8, 4) is 0 Å². The average Bonchev–Trinajstić information content (AvgIpc) is 2.57. The van der Waals surface area contributed by atoms with Gasteiger partial charge in [-0.15, -0.1) is 0 Å². The smallest absolute Gasteiger partial charge is 0.0738 e. The van der Waals surface area contributed by atoms with Crippen molar-refractivity contribution in [2.45, 2.75) is 59.4 Å². The summed E-state index contributed by atoms with van der Waals surface area (Å²) in [5, 5.41) is 4.50. The van der Waals surface area contributed by atoms with Crippen LogP contribution in [0.25, 0.3) is 0 Å². The SMILES string of the molecule is Cc1nn(C)c(CC2CC(C(C)(C)C)CCC2N)c1Br. The molecule has 1 aromatic heterocycles. The Kier molecular flexibility index (Phi) is 4.65. The summed E-state index contributed by atoms with van der Waals surface area (Å²) in [6.07, 6.45) is 4.70. The lowest BCUT2D eigenvalue weighted by molar-refractivity contribution is 0.126. The van der Waals surface area contributed by atoms with E-state index in [0.717, 1.165) is 28.9 Å². The quantitative estimate of drug-likeness (QED) is 0.888. The molecule has 1 heterocycles. The van der Waals surface area contributed by atoms with Crippen LogP contribution in [-0.4, -0.2) is 15.8 Å². The Bertz CT molecular complexity index is 473. The molecule has 0 radical (unpaired) electrons. The maximum absolute atomic E-state index is 6.39. The second kappa shape index (κ2) is 5.80. The molecule has 3 unspecified atom stereocenters. The number of halogens is 1. The van der Waals surface area contributed by atoms with Crippen molar-refractivity contribution in [1.82, 2.24) is 9.78 Å². The summed E-state index contributed by atoms with van der Waals surface area (Å²) in [5.74, 6) is 1.35. The second-order valence-electron chi connectivity index (χ2n) is 7.47. The van der Waals surface area contributed by atoms with E-state index < -0.39 is 0 Å². The Morgan fingerprint density at radius 3 is 2.50 bits per heavy atom. The van der Waals surface area contributed by atoms with Crippen LogP contribution in [0.15, 0.2) is 4.47 Å². The molecule has 1 aromatic rings. The number of hydrogen-bond acceptors (Lipinski definition) is 2. The molecule has 1 saturated carbocycles. The summed E-state index contributed by atoms with van der Waals surface area (Å²) in [5.41, 5.74) is 9.14. The summed E-state index contributed by atoms with van der Waals surface area (Å²) < 4.78 is 3.16. The molecule has 20 heavy (non-hydrogen) atoms. The minimum Gasteiger partial charge on any atom is -0.327 e. The Balaban J connectivity index is 2.14. The van der Waals surface area contributed by atoms with E-state index in [0.29, 0.717) is 17.4 Å². The summed E-state index contributed by atoms with van der Waals surface area (Å²) in [4.78, 5) is 0. The third-order valence-corrected chi connectivity index (χ3v) is 6.01. The summed E-state index contributed by atoms with van der Waals surface area (Å²) in [6.45, 7) is 9.12. The van der Waals surface area contributed by atoms with Crippen molar-refractivity contribution in [2.75, 3.05) is 0 Å². The first-order chi connectivity index (χ1) is 9.20. The molecule has 0 saturated heterocycles. The Morgan fingerprint density at radius 1 is 1.35 bits per heavy atom. The van der Waals surface area contributed by atoms with Gasteiger partial charge < -0.3 is 5.73 Å². The van der Waals surface area contributed by atoms with Gasteiger partial charge in [-0.25, -0.2) is 0 Å². The van der Waals surface area contributed by atoms with Gasteiger partial charge in [0.05, 0.1) is 15.9 Å². The molecule has 0 amide bonds. The van der Waals surface area contributed by atoms with E-state index in [9.17, 15) is 0 Å². The Morgan fingerprint density at radius 2 is 2.00 bits per heavy atom. The fourth-order valence-electron chi connectivity index (χ4n) is 3.46. The minimum atomic E-state index is 0.329. The van der Waals surface area contributed by atoms with Crippen molar-refractivity contribution in [3.05, 3.63) is 15.9 Å². The van der Waals surface area contributed by atoms with Crippen molar-refractivity contribution < 1.29 is 0 Å².